The summed E-state index contributed by atoms with van der Waals surface area (Å²) >= 11 is 6.25. The Morgan fingerprint density at radius 1 is 1.12 bits per heavy atom. The molecule has 0 saturated carbocycles. The predicted octanol–water partition coefficient (Wildman–Crippen LogP) is 5.88. The first-order valence-electron chi connectivity index (χ1n) is 11.3. The van der Waals surface area contributed by atoms with E-state index in [1.807, 2.05) is 45.0 Å². The minimum atomic E-state index is -0.799. The van der Waals surface area contributed by atoms with Crippen LogP contribution in [0.3, 0.4) is 0 Å². The van der Waals surface area contributed by atoms with E-state index in [1.54, 1.807) is 31.2 Å². The minimum Gasteiger partial charge on any atom is -0.489 e. The molecule has 2 rings (SSSR count). The fourth-order valence-corrected chi connectivity index (χ4v) is 3.60. The highest BCUT2D eigenvalue weighted by atomic mass is 35.5. The van der Waals surface area contributed by atoms with Crippen LogP contribution in [0.15, 0.2) is 60.4 Å². The lowest BCUT2D eigenvalue weighted by Gasteiger charge is -2.18. The number of carbonyl (C=O) groups excluding carboxylic acids is 2. The molecule has 0 aliphatic rings. The SMILES string of the molecule is C/C=C\C(=C(\F)CC)c1ccc(CC(NC(=O)c2ccc(OC(C)C)c(Cl)c2)C(=O)NC)cc1. The molecule has 2 amide bonds. The predicted molar refractivity (Wildman–Crippen MR) is 136 cm³/mol. The molecule has 0 radical (unpaired) electrons. The molecular formula is C27H32ClFN2O3. The normalized spacial score (nSPS) is 12.9. The van der Waals surface area contributed by atoms with Gasteiger partial charge in [0.25, 0.3) is 5.91 Å². The lowest BCUT2D eigenvalue weighted by molar-refractivity contribution is -0.122. The van der Waals surface area contributed by atoms with Gasteiger partial charge in [0.15, 0.2) is 0 Å². The molecule has 0 aliphatic carbocycles. The van der Waals surface area contributed by atoms with Gasteiger partial charge in [0.05, 0.1) is 11.1 Å². The summed E-state index contributed by atoms with van der Waals surface area (Å²) < 4.78 is 19.9. The van der Waals surface area contributed by atoms with Crippen LogP contribution in [-0.4, -0.2) is 31.0 Å². The van der Waals surface area contributed by atoms with E-state index in [9.17, 15) is 14.0 Å². The highest BCUT2D eigenvalue weighted by Gasteiger charge is 2.22. The maximum absolute atomic E-state index is 14.3. The molecule has 182 valence electrons. The van der Waals surface area contributed by atoms with Crippen molar-refractivity contribution in [3.63, 3.8) is 0 Å². The van der Waals surface area contributed by atoms with Crippen molar-refractivity contribution in [2.24, 2.45) is 0 Å². The Kier molecular flexibility index (Phi) is 10.3. The Morgan fingerprint density at radius 2 is 1.76 bits per heavy atom. The van der Waals surface area contributed by atoms with Crippen molar-refractivity contribution >= 4 is 29.0 Å². The number of hydrogen-bond donors (Lipinski definition) is 2. The summed E-state index contributed by atoms with van der Waals surface area (Å²) in [5, 5.41) is 5.68. The van der Waals surface area contributed by atoms with Crippen molar-refractivity contribution in [3.8, 4) is 5.75 Å². The fraction of sp³-hybridized carbons (Fsp3) is 0.333. The average molecular weight is 487 g/mol. The third-order valence-electron chi connectivity index (χ3n) is 5.07. The van der Waals surface area contributed by atoms with Crippen LogP contribution in [0.4, 0.5) is 4.39 Å². The van der Waals surface area contributed by atoms with E-state index in [1.165, 1.54) is 13.1 Å². The number of hydrogen-bond acceptors (Lipinski definition) is 3. The number of halogens is 2. The average Bonchev–Trinajstić information content (AvgIpc) is 2.82. The molecule has 2 N–H and O–H groups in total. The summed E-state index contributed by atoms with van der Waals surface area (Å²) in [7, 11) is 1.52. The summed E-state index contributed by atoms with van der Waals surface area (Å²) in [6.07, 6.45) is 4.06. The van der Waals surface area contributed by atoms with E-state index in [0.29, 0.717) is 28.3 Å². The van der Waals surface area contributed by atoms with Crippen LogP contribution in [0.1, 0.15) is 55.6 Å². The molecule has 0 heterocycles. The second-order valence-corrected chi connectivity index (χ2v) is 8.43. The Labute approximate surface area is 206 Å². The molecule has 2 aromatic rings. The van der Waals surface area contributed by atoms with E-state index >= 15 is 0 Å². The van der Waals surface area contributed by atoms with Crippen LogP contribution in [0.25, 0.3) is 5.57 Å². The Morgan fingerprint density at radius 3 is 2.29 bits per heavy atom. The highest BCUT2D eigenvalue weighted by Crippen LogP contribution is 2.27. The molecular weight excluding hydrogens is 455 g/mol. The van der Waals surface area contributed by atoms with Crippen LogP contribution in [0.2, 0.25) is 5.02 Å². The molecule has 1 unspecified atom stereocenters. The van der Waals surface area contributed by atoms with Gasteiger partial charge in [-0.05, 0) is 56.5 Å². The van der Waals surface area contributed by atoms with Gasteiger partial charge in [-0.1, -0.05) is 54.9 Å². The topological polar surface area (TPSA) is 67.4 Å². The summed E-state index contributed by atoms with van der Waals surface area (Å²) in [5.74, 6) is -0.451. The summed E-state index contributed by atoms with van der Waals surface area (Å²) in [4.78, 5) is 25.3. The first-order valence-corrected chi connectivity index (χ1v) is 11.7. The number of amides is 2. The maximum atomic E-state index is 14.3. The van der Waals surface area contributed by atoms with Gasteiger partial charge in [0.2, 0.25) is 5.91 Å². The fourth-order valence-electron chi connectivity index (χ4n) is 3.37. The van der Waals surface area contributed by atoms with Gasteiger partial charge >= 0.3 is 0 Å². The molecule has 0 spiro atoms. The monoisotopic (exact) mass is 486 g/mol. The second-order valence-electron chi connectivity index (χ2n) is 8.03. The van der Waals surface area contributed by atoms with E-state index in [0.717, 1.165) is 11.1 Å². The van der Waals surface area contributed by atoms with Gasteiger partial charge < -0.3 is 15.4 Å². The van der Waals surface area contributed by atoms with Crippen LogP contribution in [0.5, 0.6) is 5.75 Å². The van der Waals surface area contributed by atoms with Crippen molar-refractivity contribution in [2.45, 2.75) is 52.7 Å². The molecule has 0 fully saturated rings. The number of ether oxygens (including phenoxy) is 1. The second kappa shape index (κ2) is 12.9. The zero-order chi connectivity index (χ0) is 25.3. The lowest BCUT2D eigenvalue weighted by atomic mass is 9.98. The zero-order valence-corrected chi connectivity index (χ0v) is 21.0. The van der Waals surface area contributed by atoms with Gasteiger partial charge in [0, 0.05) is 24.6 Å². The molecule has 34 heavy (non-hydrogen) atoms. The van der Waals surface area contributed by atoms with Gasteiger partial charge in [-0.25, -0.2) is 4.39 Å². The van der Waals surface area contributed by atoms with E-state index < -0.39 is 11.9 Å². The Bertz CT molecular complexity index is 1060. The van der Waals surface area contributed by atoms with Crippen molar-refractivity contribution < 1.29 is 18.7 Å². The van der Waals surface area contributed by atoms with Gasteiger partial charge in [-0.15, -0.1) is 0 Å². The third-order valence-corrected chi connectivity index (χ3v) is 5.36. The van der Waals surface area contributed by atoms with Crippen LogP contribution in [-0.2, 0) is 11.2 Å². The van der Waals surface area contributed by atoms with E-state index in [4.69, 9.17) is 16.3 Å². The molecule has 0 aliphatic heterocycles. The first-order chi connectivity index (χ1) is 16.2. The number of benzene rings is 2. The van der Waals surface area contributed by atoms with E-state index in [2.05, 4.69) is 10.6 Å². The minimum absolute atomic E-state index is 0.0516. The van der Waals surface area contributed by atoms with Crippen LogP contribution < -0.4 is 15.4 Å². The standard InChI is InChI=1S/C27H32ClFN2O3/c1-6-8-21(23(29)7-2)19-11-9-18(10-12-19)15-24(27(33)30-5)31-26(32)20-13-14-25(22(28)16-20)34-17(3)4/h6,8-14,16-17,24H,7,15H2,1-5H3,(H,30,33)(H,31,32)/b8-6-,23-21-. The van der Waals surface area contributed by atoms with Crippen LogP contribution in [0, 0.1) is 0 Å². The molecule has 1 atom stereocenters. The highest BCUT2D eigenvalue weighted by molar-refractivity contribution is 6.32. The smallest absolute Gasteiger partial charge is 0.251 e. The molecule has 0 bridgehead atoms. The Balaban J connectivity index is 2.20. The number of likely N-dealkylation sites (N-methyl/N-ethyl adjacent to an activating group) is 1. The third kappa shape index (κ3) is 7.45. The van der Waals surface area contributed by atoms with Crippen molar-refractivity contribution in [3.05, 3.63) is 82.2 Å². The summed E-state index contributed by atoms with van der Waals surface area (Å²) in [5.41, 5.74) is 2.43. The van der Waals surface area contributed by atoms with Gasteiger partial charge in [-0.3, -0.25) is 9.59 Å². The number of rotatable bonds is 10. The lowest BCUT2D eigenvalue weighted by Crippen LogP contribution is -2.47. The van der Waals surface area contributed by atoms with Gasteiger partial charge in [0.1, 0.15) is 17.6 Å². The summed E-state index contributed by atoms with van der Waals surface area (Å²) in [6, 6.07) is 11.2. The molecule has 0 aromatic heterocycles. The molecule has 5 nitrogen and oxygen atoms in total. The quantitative estimate of drug-likeness (QED) is 0.412. The maximum Gasteiger partial charge on any atom is 0.251 e. The molecule has 2 aromatic carbocycles. The van der Waals surface area contributed by atoms with Crippen LogP contribution >= 0.6 is 11.6 Å². The van der Waals surface area contributed by atoms with Crippen molar-refractivity contribution in [2.75, 3.05) is 7.05 Å². The Hall–Kier alpha value is -3.12. The number of nitrogens with one attached hydrogen (secondary N) is 2. The molecule has 0 saturated heterocycles. The van der Waals surface area contributed by atoms with E-state index in [-0.39, 0.29) is 24.3 Å². The number of carbonyl (C=O) groups is 2. The number of allylic oxidation sites excluding steroid dienone is 4. The molecule has 7 heteroatoms. The first kappa shape index (κ1) is 27.1. The van der Waals surface area contributed by atoms with Gasteiger partial charge in [-0.2, -0.15) is 0 Å². The largest absolute Gasteiger partial charge is 0.489 e. The zero-order valence-electron chi connectivity index (χ0n) is 20.2. The van der Waals surface area contributed by atoms with Crippen molar-refractivity contribution in [1.29, 1.82) is 0 Å². The summed E-state index contributed by atoms with van der Waals surface area (Å²) in [6.45, 7) is 7.37. The van der Waals surface area contributed by atoms with Crippen molar-refractivity contribution in [1.82, 2.24) is 10.6 Å².